The van der Waals surface area contributed by atoms with Crippen molar-refractivity contribution in [2.24, 2.45) is 14.1 Å². The molecule has 1 N–H and O–H groups in total. The first-order chi connectivity index (χ1) is 10.9. The van der Waals surface area contributed by atoms with E-state index in [-0.39, 0.29) is 17.9 Å². The van der Waals surface area contributed by atoms with E-state index in [1.807, 2.05) is 44.9 Å². The van der Waals surface area contributed by atoms with Gasteiger partial charge in [-0.3, -0.25) is 14.4 Å². The Morgan fingerprint density at radius 3 is 2.87 bits per heavy atom. The number of aromatic nitrogens is 4. The third-order valence-electron chi connectivity index (χ3n) is 4.12. The molecule has 2 aromatic rings. The van der Waals surface area contributed by atoms with Crippen LogP contribution in [0.1, 0.15) is 36.7 Å². The highest BCUT2D eigenvalue weighted by Crippen LogP contribution is 2.28. The highest BCUT2D eigenvalue weighted by atomic mass is 16.2. The van der Waals surface area contributed by atoms with Crippen molar-refractivity contribution in [1.29, 1.82) is 0 Å². The largest absolute Gasteiger partial charge is 0.353 e. The molecule has 23 heavy (non-hydrogen) atoms. The third kappa shape index (κ3) is 3.29. The highest BCUT2D eigenvalue weighted by molar-refractivity contribution is 5.84. The van der Waals surface area contributed by atoms with E-state index in [0.717, 1.165) is 30.0 Å². The zero-order valence-electron chi connectivity index (χ0n) is 14.2. The maximum Gasteiger partial charge on any atom is 0.230 e. The standard InChI is InChI=1S/C16H24N6O/c1-11(2)19-16(23)13-8-22(7-12-5-18-21(4)6-12)9-14-15(13)20(3)10-17-14/h5-6,10-11,13H,7-9H2,1-4H3,(H,19,23). The summed E-state index contributed by atoms with van der Waals surface area (Å²) in [6, 6.07) is 0.132. The maximum atomic E-state index is 12.6. The Labute approximate surface area is 136 Å². The number of hydrogen-bond donors (Lipinski definition) is 1. The number of carbonyl (C=O) groups is 1. The van der Waals surface area contributed by atoms with E-state index in [1.54, 1.807) is 11.0 Å². The average Bonchev–Trinajstić information content (AvgIpc) is 3.04. The molecule has 7 heteroatoms. The molecule has 7 nitrogen and oxygen atoms in total. The second-order valence-electron chi connectivity index (χ2n) is 6.60. The van der Waals surface area contributed by atoms with Crippen LogP contribution in [-0.2, 0) is 32.0 Å². The molecule has 1 amide bonds. The van der Waals surface area contributed by atoms with Crippen LogP contribution in [0, 0.1) is 0 Å². The van der Waals surface area contributed by atoms with E-state index in [4.69, 9.17) is 0 Å². The molecule has 1 atom stereocenters. The van der Waals surface area contributed by atoms with Crippen molar-refractivity contribution in [3.63, 3.8) is 0 Å². The minimum atomic E-state index is -0.190. The molecule has 0 saturated carbocycles. The summed E-state index contributed by atoms with van der Waals surface area (Å²) in [6.07, 6.45) is 5.68. The summed E-state index contributed by atoms with van der Waals surface area (Å²) >= 11 is 0. The first kappa shape index (κ1) is 15.7. The van der Waals surface area contributed by atoms with Crippen LogP contribution in [0.15, 0.2) is 18.7 Å². The summed E-state index contributed by atoms with van der Waals surface area (Å²) in [6.45, 7) is 6.20. The van der Waals surface area contributed by atoms with Gasteiger partial charge in [0.25, 0.3) is 0 Å². The van der Waals surface area contributed by atoms with Crippen molar-refractivity contribution in [2.75, 3.05) is 6.54 Å². The molecule has 2 aromatic heterocycles. The lowest BCUT2D eigenvalue weighted by molar-refractivity contribution is -0.124. The SMILES string of the molecule is CC(C)NC(=O)C1CN(Cc2cnn(C)c2)Cc2ncn(C)c21. The van der Waals surface area contributed by atoms with Gasteiger partial charge in [0, 0.05) is 51.5 Å². The molecule has 3 heterocycles. The van der Waals surface area contributed by atoms with E-state index in [9.17, 15) is 4.79 Å². The van der Waals surface area contributed by atoms with Crippen molar-refractivity contribution in [2.45, 2.75) is 38.9 Å². The fraction of sp³-hybridized carbons (Fsp3) is 0.562. The Bertz CT molecular complexity index is 701. The fourth-order valence-electron chi connectivity index (χ4n) is 3.20. The molecule has 1 unspecified atom stereocenters. The maximum absolute atomic E-state index is 12.6. The summed E-state index contributed by atoms with van der Waals surface area (Å²) < 4.78 is 3.77. The van der Waals surface area contributed by atoms with Gasteiger partial charge in [-0.2, -0.15) is 5.10 Å². The van der Waals surface area contributed by atoms with Crippen LogP contribution in [0.2, 0.25) is 0 Å². The number of rotatable bonds is 4. The molecule has 0 spiro atoms. The predicted molar refractivity (Wildman–Crippen MR) is 86.5 cm³/mol. The number of amides is 1. The van der Waals surface area contributed by atoms with Gasteiger partial charge in [-0.25, -0.2) is 4.98 Å². The minimum absolute atomic E-state index is 0.0701. The van der Waals surface area contributed by atoms with E-state index >= 15 is 0 Å². The topological polar surface area (TPSA) is 68.0 Å². The van der Waals surface area contributed by atoms with Gasteiger partial charge in [0.05, 0.1) is 29.8 Å². The zero-order chi connectivity index (χ0) is 16.6. The molecule has 0 fully saturated rings. The van der Waals surface area contributed by atoms with Crippen LogP contribution >= 0.6 is 0 Å². The lowest BCUT2D eigenvalue weighted by Crippen LogP contribution is -2.43. The molecule has 0 aliphatic carbocycles. The number of imidazole rings is 1. The summed E-state index contributed by atoms with van der Waals surface area (Å²) in [5.74, 6) is -0.119. The highest BCUT2D eigenvalue weighted by Gasteiger charge is 2.34. The number of nitrogens with zero attached hydrogens (tertiary/aromatic N) is 5. The quantitative estimate of drug-likeness (QED) is 0.905. The number of carbonyl (C=O) groups excluding carboxylic acids is 1. The smallest absolute Gasteiger partial charge is 0.230 e. The second kappa shape index (κ2) is 6.16. The van der Waals surface area contributed by atoms with Crippen molar-refractivity contribution in [1.82, 2.24) is 29.5 Å². The number of fused-ring (bicyclic) bond motifs is 1. The van der Waals surface area contributed by atoms with E-state index < -0.39 is 0 Å². The van der Waals surface area contributed by atoms with Crippen LogP contribution in [0.5, 0.6) is 0 Å². The number of aryl methyl sites for hydroxylation is 2. The third-order valence-corrected chi connectivity index (χ3v) is 4.12. The molecule has 1 aliphatic rings. The Hall–Kier alpha value is -2.15. The molecule has 0 bridgehead atoms. The molecule has 3 rings (SSSR count). The van der Waals surface area contributed by atoms with Gasteiger partial charge in [-0.1, -0.05) is 0 Å². The van der Waals surface area contributed by atoms with Gasteiger partial charge in [0.1, 0.15) is 0 Å². The van der Waals surface area contributed by atoms with E-state index in [1.165, 1.54) is 0 Å². The van der Waals surface area contributed by atoms with Gasteiger partial charge < -0.3 is 9.88 Å². The predicted octanol–water partition coefficient (Wildman–Crippen LogP) is 0.778. The van der Waals surface area contributed by atoms with Gasteiger partial charge in [0.2, 0.25) is 5.91 Å². The average molecular weight is 316 g/mol. The lowest BCUT2D eigenvalue weighted by atomic mass is 9.96. The molecular weight excluding hydrogens is 292 g/mol. The van der Waals surface area contributed by atoms with Crippen LogP contribution in [0.25, 0.3) is 0 Å². The summed E-state index contributed by atoms with van der Waals surface area (Å²) in [4.78, 5) is 19.4. The molecule has 0 aromatic carbocycles. The first-order valence-electron chi connectivity index (χ1n) is 7.94. The Kier molecular flexibility index (Phi) is 4.21. The molecule has 1 aliphatic heterocycles. The summed E-state index contributed by atoms with van der Waals surface area (Å²) in [7, 11) is 3.87. The Balaban J connectivity index is 1.83. The monoisotopic (exact) mass is 316 g/mol. The lowest BCUT2D eigenvalue weighted by Gasteiger charge is -2.32. The Morgan fingerprint density at radius 1 is 1.43 bits per heavy atom. The zero-order valence-corrected chi connectivity index (χ0v) is 14.2. The van der Waals surface area contributed by atoms with Crippen molar-refractivity contribution in [3.05, 3.63) is 35.7 Å². The van der Waals surface area contributed by atoms with Gasteiger partial charge in [-0.15, -0.1) is 0 Å². The molecule has 124 valence electrons. The number of hydrogen-bond acceptors (Lipinski definition) is 4. The van der Waals surface area contributed by atoms with Crippen LogP contribution in [0.3, 0.4) is 0 Å². The van der Waals surface area contributed by atoms with Gasteiger partial charge in [-0.05, 0) is 13.8 Å². The van der Waals surface area contributed by atoms with E-state index in [0.29, 0.717) is 6.54 Å². The number of nitrogens with one attached hydrogen (secondary N) is 1. The molecule has 0 radical (unpaired) electrons. The fourth-order valence-corrected chi connectivity index (χ4v) is 3.20. The van der Waals surface area contributed by atoms with Crippen molar-refractivity contribution < 1.29 is 4.79 Å². The summed E-state index contributed by atoms with van der Waals surface area (Å²) in [5.41, 5.74) is 3.17. The van der Waals surface area contributed by atoms with E-state index in [2.05, 4.69) is 20.3 Å². The van der Waals surface area contributed by atoms with Gasteiger partial charge >= 0.3 is 0 Å². The normalized spacial score (nSPS) is 18.2. The van der Waals surface area contributed by atoms with Crippen molar-refractivity contribution in [3.8, 4) is 0 Å². The van der Waals surface area contributed by atoms with Gasteiger partial charge in [0.15, 0.2) is 0 Å². The molecule has 0 saturated heterocycles. The molecular formula is C16H24N6O. The second-order valence-corrected chi connectivity index (χ2v) is 6.60. The van der Waals surface area contributed by atoms with Crippen molar-refractivity contribution >= 4 is 5.91 Å². The minimum Gasteiger partial charge on any atom is -0.353 e. The van der Waals surface area contributed by atoms with Crippen LogP contribution in [-0.4, -0.2) is 42.7 Å². The van der Waals surface area contributed by atoms with Crippen LogP contribution in [0.4, 0.5) is 0 Å². The first-order valence-corrected chi connectivity index (χ1v) is 7.94. The Morgan fingerprint density at radius 2 is 2.22 bits per heavy atom. The summed E-state index contributed by atoms with van der Waals surface area (Å²) in [5, 5.41) is 7.25. The van der Waals surface area contributed by atoms with Crippen LogP contribution < -0.4 is 5.32 Å².